The third-order valence-electron chi connectivity index (χ3n) is 5.21. The molecule has 124 valence electrons. The van der Waals surface area contributed by atoms with Gasteiger partial charge in [-0.1, -0.05) is 50.2 Å². The van der Waals surface area contributed by atoms with Crippen molar-refractivity contribution in [2.75, 3.05) is 0 Å². The lowest BCUT2D eigenvalue weighted by molar-refractivity contribution is 0.630. The Morgan fingerprint density at radius 1 is 0.962 bits per heavy atom. The van der Waals surface area contributed by atoms with E-state index in [1.807, 2.05) is 18.2 Å². The number of nitriles is 1. The van der Waals surface area contributed by atoms with Gasteiger partial charge < -0.3 is 0 Å². The highest BCUT2D eigenvalue weighted by Gasteiger charge is 2.35. The highest BCUT2D eigenvalue weighted by molar-refractivity contribution is 5.85. The van der Waals surface area contributed by atoms with E-state index in [0.29, 0.717) is 5.56 Å². The third kappa shape index (κ3) is 2.15. The lowest BCUT2D eigenvalue weighted by Gasteiger charge is -2.21. The molecule has 1 aliphatic carbocycles. The topological polar surface area (TPSA) is 28.1 Å². The van der Waals surface area contributed by atoms with Crippen molar-refractivity contribution in [1.29, 1.82) is 5.26 Å². The standard InChI is InChI=1S/C23H15FN2/c1-23(2)19-7-5-4-6-17(19)18-11-14(8-9-20(18)23)15-10-16(13-25)22(24)21(12-15)26-3/h4-12H,1-2H3. The number of nitrogens with zero attached hydrogens (tertiary/aromatic N) is 2. The molecule has 0 N–H and O–H groups in total. The molecular weight excluding hydrogens is 323 g/mol. The normalized spacial score (nSPS) is 13.4. The molecule has 0 heterocycles. The first-order valence-corrected chi connectivity index (χ1v) is 8.33. The van der Waals surface area contributed by atoms with Crippen molar-refractivity contribution in [3.05, 3.63) is 88.5 Å². The Morgan fingerprint density at radius 2 is 1.69 bits per heavy atom. The summed E-state index contributed by atoms with van der Waals surface area (Å²) in [6.07, 6.45) is 0. The lowest BCUT2D eigenvalue weighted by atomic mass is 9.82. The maximum absolute atomic E-state index is 14.1. The predicted octanol–water partition coefficient (Wildman–Crippen LogP) is 6.22. The second-order valence-corrected chi connectivity index (χ2v) is 7.01. The lowest BCUT2D eigenvalue weighted by Crippen LogP contribution is -2.14. The Hall–Kier alpha value is -3.43. The van der Waals surface area contributed by atoms with Crippen molar-refractivity contribution < 1.29 is 4.39 Å². The zero-order valence-corrected chi connectivity index (χ0v) is 14.5. The van der Waals surface area contributed by atoms with E-state index >= 15 is 0 Å². The molecule has 0 radical (unpaired) electrons. The molecule has 0 amide bonds. The minimum Gasteiger partial charge on any atom is -0.235 e. The highest BCUT2D eigenvalue weighted by atomic mass is 19.1. The van der Waals surface area contributed by atoms with Gasteiger partial charge in [-0.05, 0) is 51.6 Å². The summed E-state index contributed by atoms with van der Waals surface area (Å²) in [7, 11) is 0. The van der Waals surface area contributed by atoms with Crippen LogP contribution in [0.1, 0.15) is 30.5 Å². The number of hydrogen-bond acceptors (Lipinski definition) is 1. The molecule has 3 aromatic carbocycles. The average molecular weight is 338 g/mol. The molecule has 0 bridgehead atoms. The number of fused-ring (bicyclic) bond motifs is 3. The summed E-state index contributed by atoms with van der Waals surface area (Å²) in [6.45, 7) is 11.6. The first-order valence-electron chi connectivity index (χ1n) is 8.33. The molecule has 0 aliphatic heterocycles. The summed E-state index contributed by atoms with van der Waals surface area (Å²) in [6, 6.07) is 19.4. The number of halogens is 1. The van der Waals surface area contributed by atoms with E-state index in [0.717, 1.165) is 11.1 Å². The van der Waals surface area contributed by atoms with E-state index in [1.54, 1.807) is 0 Å². The second-order valence-electron chi connectivity index (χ2n) is 7.01. The predicted molar refractivity (Wildman–Crippen MR) is 100 cm³/mol. The van der Waals surface area contributed by atoms with E-state index < -0.39 is 5.82 Å². The van der Waals surface area contributed by atoms with Gasteiger partial charge in [-0.2, -0.15) is 5.26 Å². The molecule has 3 heteroatoms. The molecule has 0 atom stereocenters. The van der Waals surface area contributed by atoms with E-state index in [4.69, 9.17) is 6.57 Å². The summed E-state index contributed by atoms with van der Waals surface area (Å²) in [5.41, 5.74) is 6.12. The van der Waals surface area contributed by atoms with Crippen LogP contribution in [-0.2, 0) is 5.41 Å². The van der Waals surface area contributed by atoms with Crippen molar-refractivity contribution >= 4 is 5.69 Å². The Labute approximate surface area is 152 Å². The first kappa shape index (κ1) is 16.1. The van der Waals surface area contributed by atoms with Crippen LogP contribution in [-0.4, -0.2) is 0 Å². The fourth-order valence-corrected chi connectivity index (χ4v) is 3.84. The Balaban J connectivity index is 1.95. The van der Waals surface area contributed by atoms with Gasteiger partial charge in [0.2, 0.25) is 5.69 Å². The van der Waals surface area contributed by atoms with Gasteiger partial charge in [-0.3, -0.25) is 0 Å². The quantitative estimate of drug-likeness (QED) is 0.484. The fraction of sp³-hybridized carbons (Fsp3) is 0.130. The largest absolute Gasteiger partial charge is 0.235 e. The maximum atomic E-state index is 14.1. The Bertz CT molecular complexity index is 1110. The van der Waals surface area contributed by atoms with Crippen molar-refractivity contribution in [2.24, 2.45) is 0 Å². The van der Waals surface area contributed by atoms with E-state index in [1.165, 1.54) is 28.8 Å². The SMILES string of the molecule is [C-]#[N+]c1cc(-c2ccc3c(c2)-c2ccccc2C3(C)C)cc(C#N)c1F. The van der Waals surface area contributed by atoms with Gasteiger partial charge in [-0.15, -0.1) is 0 Å². The summed E-state index contributed by atoms with van der Waals surface area (Å²) >= 11 is 0. The van der Waals surface area contributed by atoms with Crippen LogP contribution in [0.25, 0.3) is 27.1 Å². The van der Waals surface area contributed by atoms with E-state index in [-0.39, 0.29) is 16.7 Å². The molecule has 0 saturated carbocycles. The zero-order valence-electron chi connectivity index (χ0n) is 14.5. The molecule has 26 heavy (non-hydrogen) atoms. The van der Waals surface area contributed by atoms with Crippen LogP contribution in [0.5, 0.6) is 0 Å². The molecule has 1 aliphatic rings. The molecule has 0 fully saturated rings. The molecule has 0 spiro atoms. The van der Waals surface area contributed by atoms with Gasteiger partial charge in [0, 0.05) is 5.41 Å². The molecule has 3 aromatic rings. The van der Waals surface area contributed by atoms with Gasteiger partial charge in [0.1, 0.15) is 11.9 Å². The van der Waals surface area contributed by atoms with Crippen LogP contribution in [0.4, 0.5) is 10.1 Å². The van der Waals surface area contributed by atoms with Crippen LogP contribution in [0.2, 0.25) is 0 Å². The van der Waals surface area contributed by atoms with Crippen molar-refractivity contribution in [1.82, 2.24) is 0 Å². The van der Waals surface area contributed by atoms with Gasteiger partial charge in [0.05, 0.1) is 12.1 Å². The second kappa shape index (κ2) is 5.55. The minimum atomic E-state index is -0.751. The van der Waals surface area contributed by atoms with E-state index in [9.17, 15) is 9.65 Å². The van der Waals surface area contributed by atoms with Crippen LogP contribution >= 0.6 is 0 Å². The van der Waals surface area contributed by atoms with Crippen molar-refractivity contribution in [3.63, 3.8) is 0 Å². The molecule has 0 unspecified atom stereocenters. The van der Waals surface area contributed by atoms with Crippen LogP contribution in [0.3, 0.4) is 0 Å². The van der Waals surface area contributed by atoms with Crippen LogP contribution in [0.15, 0.2) is 54.6 Å². The molecule has 0 saturated heterocycles. The number of hydrogen-bond donors (Lipinski definition) is 0. The van der Waals surface area contributed by atoms with Crippen LogP contribution < -0.4 is 0 Å². The van der Waals surface area contributed by atoms with Gasteiger partial charge >= 0.3 is 0 Å². The van der Waals surface area contributed by atoms with Crippen LogP contribution in [0, 0.1) is 23.7 Å². The Kier molecular flexibility index (Phi) is 3.43. The van der Waals surface area contributed by atoms with Gasteiger partial charge in [0.25, 0.3) is 0 Å². The fourth-order valence-electron chi connectivity index (χ4n) is 3.84. The minimum absolute atomic E-state index is 0.0766. The molecular formula is C23H15FN2. The molecule has 2 nitrogen and oxygen atoms in total. The summed E-state index contributed by atoms with van der Waals surface area (Å²) in [5.74, 6) is -0.751. The van der Waals surface area contributed by atoms with Gasteiger partial charge in [0.15, 0.2) is 0 Å². The summed E-state index contributed by atoms with van der Waals surface area (Å²) in [4.78, 5) is 3.22. The van der Waals surface area contributed by atoms with E-state index in [2.05, 4.69) is 49.0 Å². The van der Waals surface area contributed by atoms with Crippen molar-refractivity contribution in [3.8, 4) is 28.3 Å². The maximum Gasteiger partial charge on any atom is 0.224 e. The number of benzene rings is 3. The summed E-state index contributed by atoms with van der Waals surface area (Å²) < 4.78 is 14.1. The molecule has 4 rings (SSSR count). The average Bonchev–Trinajstić information content (AvgIpc) is 2.89. The zero-order chi connectivity index (χ0) is 18.5. The highest BCUT2D eigenvalue weighted by Crippen LogP contribution is 2.49. The number of rotatable bonds is 1. The monoisotopic (exact) mass is 338 g/mol. The Morgan fingerprint density at radius 3 is 2.42 bits per heavy atom. The smallest absolute Gasteiger partial charge is 0.224 e. The van der Waals surface area contributed by atoms with Crippen molar-refractivity contribution in [2.45, 2.75) is 19.3 Å². The molecule has 0 aromatic heterocycles. The first-order chi connectivity index (χ1) is 12.5. The van der Waals surface area contributed by atoms with Gasteiger partial charge in [-0.25, -0.2) is 9.24 Å². The summed E-state index contributed by atoms with van der Waals surface area (Å²) in [5, 5.41) is 9.17. The third-order valence-corrected chi connectivity index (χ3v) is 5.21.